The summed E-state index contributed by atoms with van der Waals surface area (Å²) in [6.45, 7) is 7.59. The number of nitrogens with two attached hydrogens (primary N) is 1. The van der Waals surface area contributed by atoms with Gasteiger partial charge < -0.3 is 15.2 Å². The summed E-state index contributed by atoms with van der Waals surface area (Å²) in [6, 6.07) is 12.4. The van der Waals surface area contributed by atoms with E-state index in [0.717, 1.165) is 17.9 Å². The third-order valence-electron chi connectivity index (χ3n) is 4.46. The number of hydrogen-bond donors (Lipinski definition) is 1. The predicted molar refractivity (Wildman–Crippen MR) is 95.6 cm³/mol. The zero-order chi connectivity index (χ0) is 16.8. The van der Waals surface area contributed by atoms with Crippen molar-refractivity contribution < 1.29 is 9.47 Å². The molecule has 0 amide bonds. The maximum Gasteiger partial charge on any atom is 0.125 e. The molecule has 2 aromatic rings. The predicted octanol–water partition coefficient (Wildman–Crippen LogP) is 4.13. The Kier molecular flexibility index (Phi) is 6.05. The normalized spacial score (nSPS) is 12.0. The molecule has 0 radical (unpaired) electrons. The van der Waals surface area contributed by atoms with E-state index in [9.17, 15) is 0 Å². The fourth-order valence-electron chi connectivity index (χ4n) is 2.75. The topological polar surface area (TPSA) is 44.5 Å². The van der Waals surface area contributed by atoms with Crippen molar-refractivity contribution in [3.8, 4) is 11.5 Å². The summed E-state index contributed by atoms with van der Waals surface area (Å²) in [4.78, 5) is 0. The number of rotatable bonds is 7. The SMILES string of the molecule is COc1ccc(C(CN)CCOc2c(C)ccc(C)c2C)cc1. The van der Waals surface area contributed by atoms with Gasteiger partial charge in [0, 0.05) is 0 Å². The van der Waals surface area contributed by atoms with Gasteiger partial charge in [0.15, 0.2) is 0 Å². The molecule has 0 heterocycles. The van der Waals surface area contributed by atoms with E-state index in [4.69, 9.17) is 15.2 Å². The van der Waals surface area contributed by atoms with Crippen LogP contribution in [-0.2, 0) is 0 Å². The van der Waals surface area contributed by atoms with Gasteiger partial charge in [-0.05, 0) is 74.0 Å². The highest BCUT2D eigenvalue weighted by Crippen LogP contribution is 2.27. The third-order valence-corrected chi connectivity index (χ3v) is 4.46. The molecule has 3 heteroatoms. The van der Waals surface area contributed by atoms with E-state index in [1.54, 1.807) is 7.11 Å². The third kappa shape index (κ3) is 4.26. The highest BCUT2D eigenvalue weighted by Gasteiger charge is 2.12. The standard InChI is InChI=1S/C20H27NO2/c1-14-5-6-15(2)20(16(14)3)23-12-11-18(13-21)17-7-9-19(22-4)10-8-17/h5-10,18H,11-13,21H2,1-4H3. The lowest BCUT2D eigenvalue weighted by Gasteiger charge is -2.18. The zero-order valence-electron chi connectivity index (χ0n) is 14.6. The van der Waals surface area contributed by atoms with Crippen molar-refractivity contribution in [2.45, 2.75) is 33.1 Å². The van der Waals surface area contributed by atoms with Crippen molar-refractivity contribution in [3.05, 3.63) is 58.7 Å². The van der Waals surface area contributed by atoms with Gasteiger partial charge in [0.25, 0.3) is 0 Å². The number of methoxy groups -OCH3 is 1. The molecule has 2 rings (SSSR count). The lowest BCUT2D eigenvalue weighted by molar-refractivity contribution is 0.294. The van der Waals surface area contributed by atoms with E-state index < -0.39 is 0 Å². The summed E-state index contributed by atoms with van der Waals surface area (Å²) < 4.78 is 11.3. The molecule has 0 spiro atoms. The first kappa shape index (κ1) is 17.4. The maximum absolute atomic E-state index is 6.07. The number of benzene rings is 2. The summed E-state index contributed by atoms with van der Waals surface area (Å²) in [5, 5.41) is 0. The summed E-state index contributed by atoms with van der Waals surface area (Å²) in [5.74, 6) is 2.17. The van der Waals surface area contributed by atoms with E-state index in [1.807, 2.05) is 12.1 Å². The quantitative estimate of drug-likeness (QED) is 0.836. The largest absolute Gasteiger partial charge is 0.497 e. The number of ether oxygens (including phenoxy) is 2. The molecule has 0 aliphatic carbocycles. The van der Waals surface area contributed by atoms with Crippen molar-refractivity contribution in [1.29, 1.82) is 0 Å². The lowest BCUT2D eigenvalue weighted by atomic mass is 9.96. The summed E-state index contributed by atoms with van der Waals surface area (Å²) >= 11 is 0. The molecular weight excluding hydrogens is 286 g/mol. The van der Waals surface area contributed by atoms with Gasteiger partial charge in [0.1, 0.15) is 11.5 Å². The van der Waals surface area contributed by atoms with E-state index in [1.165, 1.54) is 22.3 Å². The highest BCUT2D eigenvalue weighted by atomic mass is 16.5. The van der Waals surface area contributed by atoms with E-state index >= 15 is 0 Å². The number of aryl methyl sites for hydroxylation is 2. The average Bonchev–Trinajstić information content (AvgIpc) is 2.58. The summed E-state index contributed by atoms with van der Waals surface area (Å²) in [7, 11) is 1.68. The smallest absolute Gasteiger partial charge is 0.125 e. The molecule has 124 valence electrons. The fourth-order valence-corrected chi connectivity index (χ4v) is 2.75. The second-order valence-electron chi connectivity index (χ2n) is 6.00. The summed E-state index contributed by atoms with van der Waals surface area (Å²) in [6.07, 6.45) is 0.898. The van der Waals surface area contributed by atoms with Gasteiger partial charge in [0.05, 0.1) is 13.7 Å². The Balaban J connectivity index is 2.00. The van der Waals surface area contributed by atoms with Crippen LogP contribution >= 0.6 is 0 Å². The van der Waals surface area contributed by atoms with Crippen molar-refractivity contribution >= 4 is 0 Å². The van der Waals surface area contributed by atoms with Crippen LogP contribution in [0.5, 0.6) is 11.5 Å². The van der Waals surface area contributed by atoms with Crippen molar-refractivity contribution in [2.24, 2.45) is 5.73 Å². The molecule has 0 fully saturated rings. The van der Waals surface area contributed by atoms with Crippen molar-refractivity contribution in [3.63, 3.8) is 0 Å². The molecule has 23 heavy (non-hydrogen) atoms. The Morgan fingerprint density at radius 2 is 1.61 bits per heavy atom. The van der Waals surface area contributed by atoms with Gasteiger partial charge in [0.2, 0.25) is 0 Å². The van der Waals surface area contributed by atoms with Crippen LogP contribution in [0.4, 0.5) is 0 Å². The first-order chi connectivity index (χ1) is 11.1. The van der Waals surface area contributed by atoms with E-state index in [2.05, 4.69) is 45.0 Å². The van der Waals surface area contributed by atoms with E-state index in [-0.39, 0.29) is 0 Å². The molecule has 1 unspecified atom stereocenters. The Bertz CT molecular complexity index is 635. The van der Waals surface area contributed by atoms with Crippen LogP contribution in [0.3, 0.4) is 0 Å². The Hall–Kier alpha value is -2.00. The van der Waals surface area contributed by atoms with Crippen molar-refractivity contribution in [2.75, 3.05) is 20.3 Å². The highest BCUT2D eigenvalue weighted by molar-refractivity contribution is 5.44. The first-order valence-corrected chi connectivity index (χ1v) is 8.10. The fraction of sp³-hybridized carbons (Fsp3) is 0.400. The molecule has 0 aliphatic heterocycles. The minimum absolute atomic E-state index is 0.298. The lowest BCUT2D eigenvalue weighted by Crippen LogP contribution is -2.16. The minimum Gasteiger partial charge on any atom is -0.497 e. The molecular formula is C20H27NO2. The van der Waals surface area contributed by atoms with Gasteiger partial charge in [-0.15, -0.1) is 0 Å². The Morgan fingerprint density at radius 3 is 2.22 bits per heavy atom. The van der Waals surface area contributed by atoms with Crippen LogP contribution in [-0.4, -0.2) is 20.3 Å². The van der Waals surface area contributed by atoms with Gasteiger partial charge in [-0.1, -0.05) is 24.3 Å². The van der Waals surface area contributed by atoms with Crippen molar-refractivity contribution in [1.82, 2.24) is 0 Å². The second kappa shape index (κ2) is 8.02. The van der Waals surface area contributed by atoms with Crippen LogP contribution in [0.1, 0.15) is 34.6 Å². The van der Waals surface area contributed by atoms with Gasteiger partial charge >= 0.3 is 0 Å². The molecule has 2 aromatic carbocycles. The monoisotopic (exact) mass is 313 g/mol. The van der Waals surface area contributed by atoms with E-state index in [0.29, 0.717) is 19.1 Å². The molecule has 0 saturated heterocycles. The molecule has 0 bridgehead atoms. The van der Waals surface area contributed by atoms with Crippen LogP contribution in [0.25, 0.3) is 0 Å². The average molecular weight is 313 g/mol. The maximum atomic E-state index is 6.07. The molecule has 0 saturated carbocycles. The Labute approximate surface area is 139 Å². The molecule has 0 aromatic heterocycles. The summed E-state index contributed by atoms with van der Waals surface area (Å²) in [5.41, 5.74) is 10.8. The molecule has 3 nitrogen and oxygen atoms in total. The van der Waals surface area contributed by atoms with Gasteiger partial charge in [-0.25, -0.2) is 0 Å². The molecule has 0 aliphatic rings. The van der Waals surface area contributed by atoms with Gasteiger partial charge in [-0.2, -0.15) is 0 Å². The zero-order valence-corrected chi connectivity index (χ0v) is 14.6. The van der Waals surface area contributed by atoms with Crippen LogP contribution in [0, 0.1) is 20.8 Å². The molecule has 2 N–H and O–H groups in total. The molecule has 1 atom stereocenters. The van der Waals surface area contributed by atoms with Crippen LogP contribution in [0.15, 0.2) is 36.4 Å². The minimum atomic E-state index is 0.298. The second-order valence-corrected chi connectivity index (χ2v) is 6.00. The van der Waals surface area contributed by atoms with Gasteiger partial charge in [-0.3, -0.25) is 0 Å². The van der Waals surface area contributed by atoms with Crippen LogP contribution < -0.4 is 15.2 Å². The Morgan fingerprint density at radius 1 is 0.957 bits per heavy atom. The van der Waals surface area contributed by atoms with Crippen LogP contribution in [0.2, 0.25) is 0 Å². The first-order valence-electron chi connectivity index (χ1n) is 8.10. The number of hydrogen-bond acceptors (Lipinski definition) is 3.